The third-order valence-corrected chi connectivity index (χ3v) is 5.51. The number of amides is 1. The predicted octanol–water partition coefficient (Wildman–Crippen LogP) is 4.81. The predicted molar refractivity (Wildman–Crippen MR) is 118 cm³/mol. The van der Waals surface area contributed by atoms with Gasteiger partial charge in [-0.3, -0.25) is 9.59 Å². The molecule has 30 heavy (non-hydrogen) atoms. The van der Waals surface area contributed by atoms with Crippen LogP contribution in [0.2, 0.25) is 0 Å². The van der Waals surface area contributed by atoms with E-state index in [0.717, 1.165) is 34.4 Å². The SMILES string of the molecule is C[C@@H]1Cc2ccccc2N1C(=O)[C@@H](C)OC(=O)Cc1ccc(-c2ccccc2)cc1. The highest BCUT2D eigenvalue weighted by atomic mass is 16.5. The van der Waals surface area contributed by atoms with Gasteiger partial charge in [0.2, 0.25) is 0 Å². The Kier molecular flexibility index (Phi) is 5.66. The van der Waals surface area contributed by atoms with Gasteiger partial charge in [0.1, 0.15) is 0 Å². The van der Waals surface area contributed by atoms with E-state index in [4.69, 9.17) is 4.74 Å². The van der Waals surface area contributed by atoms with Crippen LogP contribution in [0.25, 0.3) is 11.1 Å². The number of carbonyl (C=O) groups is 2. The van der Waals surface area contributed by atoms with E-state index in [-0.39, 0.29) is 18.4 Å². The Labute approximate surface area is 177 Å². The van der Waals surface area contributed by atoms with Crippen LogP contribution >= 0.6 is 0 Å². The molecule has 0 spiro atoms. The van der Waals surface area contributed by atoms with Gasteiger partial charge in [-0.2, -0.15) is 0 Å². The fraction of sp³-hybridized carbons (Fsp3) is 0.231. The zero-order chi connectivity index (χ0) is 21.1. The molecule has 0 aliphatic carbocycles. The number of esters is 1. The molecule has 3 aromatic carbocycles. The summed E-state index contributed by atoms with van der Waals surface area (Å²) in [5.41, 5.74) is 5.15. The summed E-state index contributed by atoms with van der Waals surface area (Å²) in [7, 11) is 0. The van der Waals surface area contributed by atoms with Gasteiger partial charge in [-0.25, -0.2) is 0 Å². The summed E-state index contributed by atoms with van der Waals surface area (Å²) >= 11 is 0. The second-order valence-corrected chi connectivity index (χ2v) is 7.76. The molecule has 0 saturated carbocycles. The first-order chi connectivity index (χ1) is 14.5. The summed E-state index contributed by atoms with van der Waals surface area (Å²) in [6.45, 7) is 3.66. The van der Waals surface area contributed by atoms with Crippen LogP contribution in [-0.2, 0) is 27.2 Å². The molecule has 0 radical (unpaired) electrons. The number of ether oxygens (including phenoxy) is 1. The van der Waals surface area contributed by atoms with Crippen LogP contribution in [0.3, 0.4) is 0 Å². The molecule has 0 N–H and O–H groups in total. The standard InChI is InChI=1S/C26H25NO3/c1-18-16-23-10-6-7-11-24(23)27(18)26(29)19(2)30-25(28)17-20-12-14-22(15-13-20)21-8-4-3-5-9-21/h3-15,18-19H,16-17H2,1-2H3/t18-,19-/m1/s1. The lowest BCUT2D eigenvalue weighted by molar-refractivity contribution is -0.153. The van der Waals surface area contributed by atoms with Crippen molar-refractivity contribution in [3.8, 4) is 11.1 Å². The summed E-state index contributed by atoms with van der Waals surface area (Å²) in [6.07, 6.45) is 0.129. The number of para-hydroxylation sites is 1. The van der Waals surface area contributed by atoms with Crippen molar-refractivity contribution in [3.63, 3.8) is 0 Å². The molecular weight excluding hydrogens is 374 g/mol. The maximum absolute atomic E-state index is 13.0. The summed E-state index contributed by atoms with van der Waals surface area (Å²) < 4.78 is 5.48. The Morgan fingerprint density at radius 3 is 2.30 bits per heavy atom. The summed E-state index contributed by atoms with van der Waals surface area (Å²) in [5.74, 6) is -0.580. The molecule has 4 heteroatoms. The lowest BCUT2D eigenvalue weighted by Gasteiger charge is -2.26. The van der Waals surface area contributed by atoms with Gasteiger partial charge in [0.15, 0.2) is 6.10 Å². The topological polar surface area (TPSA) is 46.6 Å². The van der Waals surface area contributed by atoms with Crippen molar-refractivity contribution in [2.24, 2.45) is 0 Å². The first-order valence-corrected chi connectivity index (χ1v) is 10.3. The molecule has 1 heterocycles. The second kappa shape index (κ2) is 8.54. The smallest absolute Gasteiger partial charge is 0.311 e. The summed E-state index contributed by atoms with van der Waals surface area (Å²) in [6, 6.07) is 25.9. The molecule has 152 valence electrons. The van der Waals surface area contributed by atoms with Gasteiger partial charge < -0.3 is 9.64 Å². The number of carbonyl (C=O) groups excluding carboxylic acids is 2. The van der Waals surface area contributed by atoms with Crippen molar-refractivity contribution in [3.05, 3.63) is 90.0 Å². The molecule has 0 unspecified atom stereocenters. The van der Waals surface area contributed by atoms with E-state index in [2.05, 4.69) is 0 Å². The zero-order valence-electron chi connectivity index (χ0n) is 17.2. The van der Waals surface area contributed by atoms with Crippen LogP contribution in [0.4, 0.5) is 5.69 Å². The van der Waals surface area contributed by atoms with Crippen LogP contribution in [0.5, 0.6) is 0 Å². The van der Waals surface area contributed by atoms with E-state index < -0.39 is 12.1 Å². The quantitative estimate of drug-likeness (QED) is 0.579. The minimum absolute atomic E-state index is 0.0570. The molecule has 1 amide bonds. The number of nitrogens with zero attached hydrogens (tertiary/aromatic N) is 1. The molecule has 0 saturated heterocycles. The highest BCUT2D eigenvalue weighted by molar-refractivity contribution is 5.99. The van der Waals surface area contributed by atoms with Crippen LogP contribution < -0.4 is 4.90 Å². The first kappa shape index (κ1) is 19.9. The molecule has 4 nitrogen and oxygen atoms in total. The monoisotopic (exact) mass is 399 g/mol. The first-order valence-electron chi connectivity index (χ1n) is 10.3. The van der Waals surface area contributed by atoms with Crippen molar-refractivity contribution in [1.29, 1.82) is 0 Å². The van der Waals surface area contributed by atoms with Crippen LogP contribution in [-0.4, -0.2) is 24.0 Å². The summed E-state index contributed by atoms with van der Waals surface area (Å²) in [4.78, 5) is 27.1. The maximum Gasteiger partial charge on any atom is 0.311 e. The molecule has 0 aromatic heterocycles. The van der Waals surface area contributed by atoms with Crippen molar-refractivity contribution in [2.45, 2.75) is 38.8 Å². The van der Waals surface area contributed by atoms with Gasteiger partial charge in [0, 0.05) is 11.7 Å². The zero-order valence-corrected chi connectivity index (χ0v) is 17.2. The van der Waals surface area contributed by atoms with Crippen molar-refractivity contribution < 1.29 is 14.3 Å². The Hall–Kier alpha value is -3.40. The minimum atomic E-state index is -0.824. The second-order valence-electron chi connectivity index (χ2n) is 7.76. The molecule has 0 bridgehead atoms. The number of fused-ring (bicyclic) bond motifs is 1. The Morgan fingerprint density at radius 2 is 1.57 bits per heavy atom. The van der Waals surface area contributed by atoms with E-state index >= 15 is 0 Å². The number of hydrogen-bond acceptors (Lipinski definition) is 3. The normalized spacial score (nSPS) is 16.1. The number of anilines is 1. The van der Waals surface area contributed by atoms with Crippen molar-refractivity contribution >= 4 is 17.6 Å². The van der Waals surface area contributed by atoms with Gasteiger partial charge >= 0.3 is 5.97 Å². The van der Waals surface area contributed by atoms with E-state index in [1.165, 1.54) is 0 Å². The van der Waals surface area contributed by atoms with Crippen LogP contribution in [0, 0.1) is 0 Å². The fourth-order valence-corrected chi connectivity index (χ4v) is 4.00. The highest BCUT2D eigenvalue weighted by Crippen LogP contribution is 2.32. The molecular formula is C26H25NO3. The van der Waals surface area contributed by atoms with E-state index in [0.29, 0.717) is 0 Å². The summed E-state index contributed by atoms with van der Waals surface area (Å²) in [5, 5.41) is 0. The van der Waals surface area contributed by atoms with Crippen molar-refractivity contribution in [2.75, 3.05) is 4.90 Å². The average Bonchev–Trinajstić information content (AvgIpc) is 3.10. The Morgan fingerprint density at radius 1 is 0.933 bits per heavy atom. The number of rotatable bonds is 5. The Balaban J connectivity index is 1.37. The third-order valence-electron chi connectivity index (χ3n) is 5.51. The Bertz CT molecular complexity index is 1040. The van der Waals surface area contributed by atoms with Gasteiger partial charge in [0.05, 0.1) is 6.42 Å². The molecule has 1 aliphatic heterocycles. The maximum atomic E-state index is 13.0. The minimum Gasteiger partial charge on any atom is -0.452 e. The lowest BCUT2D eigenvalue weighted by Crippen LogP contribution is -2.43. The molecule has 4 rings (SSSR count). The van der Waals surface area contributed by atoms with Crippen LogP contribution in [0.1, 0.15) is 25.0 Å². The van der Waals surface area contributed by atoms with E-state index in [1.54, 1.807) is 11.8 Å². The average molecular weight is 399 g/mol. The van der Waals surface area contributed by atoms with Gasteiger partial charge in [0.25, 0.3) is 5.91 Å². The third kappa shape index (κ3) is 4.13. The fourth-order valence-electron chi connectivity index (χ4n) is 4.00. The molecule has 0 fully saturated rings. The largest absolute Gasteiger partial charge is 0.452 e. The van der Waals surface area contributed by atoms with E-state index in [1.807, 2.05) is 85.8 Å². The van der Waals surface area contributed by atoms with Crippen molar-refractivity contribution in [1.82, 2.24) is 0 Å². The molecule has 2 atom stereocenters. The van der Waals surface area contributed by atoms with Gasteiger partial charge in [-0.15, -0.1) is 0 Å². The molecule has 1 aliphatic rings. The van der Waals surface area contributed by atoms with Gasteiger partial charge in [-0.1, -0.05) is 72.8 Å². The number of benzene rings is 3. The molecule has 3 aromatic rings. The van der Waals surface area contributed by atoms with E-state index in [9.17, 15) is 9.59 Å². The highest BCUT2D eigenvalue weighted by Gasteiger charge is 2.34. The van der Waals surface area contributed by atoms with Gasteiger partial charge in [-0.05, 0) is 48.6 Å². The number of hydrogen-bond donors (Lipinski definition) is 0. The lowest BCUT2D eigenvalue weighted by atomic mass is 10.0. The van der Waals surface area contributed by atoms with Crippen LogP contribution in [0.15, 0.2) is 78.9 Å².